The van der Waals surface area contributed by atoms with Crippen molar-refractivity contribution in [2.75, 3.05) is 44.3 Å². The maximum atomic E-state index is 12.6. The summed E-state index contributed by atoms with van der Waals surface area (Å²) in [6.07, 6.45) is 1.77. The average molecular weight is 529 g/mol. The van der Waals surface area contributed by atoms with Gasteiger partial charge in [0.1, 0.15) is 5.75 Å². The Morgan fingerprint density at radius 1 is 1.18 bits per heavy atom. The lowest BCUT2D eigenvalue weighted by Crippen LogP contribution is -2.47. The highest BCUT2D eigenvalue weighted by molar-refractivity contribution is 8.00. The van der Waals surface area contributed by atoms with E-state index in [0.29, 0.717) is 17.3 Å². The molecule has 33 heavy (non-hydrogen) atoms. The largest absolute Gasteiger partial charge is 0.453 e. The number of nitrogens with one attached hydrogen (secondary N) is 1. The molecule has 11 heteroatoms. The van der Waals surface area contributed by atoms with Gasteiger partial charge in [-0.3, -0.25) is 4.79 Å². The first kappa shape index (κ1) is 27.2. The van der Waals surface area contributed by atoms with Crippen LogP contribution in [-0.2, 0) is 4.79 Å². The number of thioether (sulfide) groups is 1. The topological polar surface area (TPSA) is 70.6 Å². The van der Waals surface area contributed by atoms with Crippen LogP contribution < -0.4 is 10.1 Å². The molecule has 7 nitrogen and oxygen atoms in total. The van der Waals surface area contributed by atoms with Crippen LogP contribution in [0.15, 0.2) is 52.9 Å². The molecule has 0 unspecified atom stereocenters. The maximum absolute atomic E-state index is 12.6. The highest BCUT2D eigenvalue weighted by Crippen LogP contribution is 2.34. The second kappa shape index (κ2) is 13.0. The van der Waals surface area contributed by atoms with E-state index in [9.17, 15) is 4.79 Å². The van der Waals surface area contributed by atoms with Gasteiger partial charge in [0.05, 0.1) is 11.4 Å². The molecule has 0 atom stereocenters. The van der Waals surface area contributed by atoms with Crippen molar-refractivity contribution in [3.8, 4) is 11.5 Å². The number of carbonyl (C=O) groups excluding carboxylic acids is 1. The van der Waals surface area contributed by atoms with Gasteiger partial charge in [-0.2, -0.15) is 0 Å². The van der Waals surface area contributed by atoms with Crippen molar-refractivity contribution in [3.05, 3.63) is 53.7 Å². The Bertz CT molecular complexity index is 1030. The third-order valence-electron chi connectivity index (χ3n) is 4.86. The molecule has 2 aromatic heterocycles. The summed E-state index contributed by atoms with van der Waals surface area (Å²) in [5.74, 6) is 2.45. The summed E-state index contributed by atoms with van der Waals surface area (Å²) in [6.45, 7) is 5.36. The van der Waals surface area contributed by atoms with Gasteiger partial charge in [-0.05, 0) is 32.2 Å². The van der Waals surface area contributed by atoms with Gasteiger partial charge in [0, 0.05) is 42.7 Å². The van der Waals surface area contributed by atoms with E-state index in [1.54, 1.807) is 6.20 Å². The lowest BCUT2D eigenvalue weighted by atomic mass is 10.3. The zero-order valence-electron chi connectivity index (χ0n) is 18.4. The van der Waals surface area contributed by atoms with E-state index in [1.807, 2.05) is 53.6 Å². The van der Waals surface area contributed by atoms with Gasteiger partial charge in [-0.15, -0.1) is 47.9 Å². The zero-order valence-corrected chi connectivity index (χ0v) is 21.7. The van der Waals surface area contributed by atoms with Gasteiger partial charge in [-0.1, -0.05) is 18.2 Å². The van der Waals surface area contributed by atoms with Gasteiger partial charge in [-0.25, -0.2) is 9.97 Å². The van der Waals surface area contributed by atoms with Crippen molar-refractivity contribution in [1.29, 1.82) is 0 Å². The van der Waals surface area contributed by atoms with E-state index in [0.717, 1.165) is 47.6 Å². The monoisotopic (exact) mass is 527 g/mol. The Morgan fingerprint density at radius 2 is 1.91 bits per heavy atom. The number of piperazine rings is 1. The Labute approximate surface area is 214 Å². The maximum Gasteiger partial charge on any atom is 0.233 e. The molecule has 1 saturated heterocycles. The summed E-state index contributed by atoms with van der Waals surface area (Å²) < 4.78 is 6.10. The van der Waals surface area contributed by atoms with E-state index in [-0.39, 0.29) is 30.7 Å². The number of likely N-dealkylation sites (N-methyl/N-ethyl adjacent to an activating group) is 1. The van der Waals surface area contributed by atoms with Gasteiger partial charge < -0.3 is 19.9 Å². The predicted molar refractivity (Wildman–Crippen MR) is 140 cm³/mol. The minimum atomic E-state index is 0. The standard InChI is InChI=1S/C22H25N5O2S2.2ClH/c1-16-14-31-22(24-16)25-21-19(29-17-6-4-3-5-7-17)12-18(13-23-21)30-15-20(28)27-10-8-26(2)9-11-27;;/h3-7,12-14H,8-11,15H2,1-2H3,(H,23,24,25);2*1H. The molecule has 1 amide bonds. The lowest BCUT2D eigenvalue weighted by Gasteiger charge is -2.32. The van der Waals surface area contributed by atoms with Gasteiger partial charge in [0.2, 0.25) is 5.91 Å². The molecule has 4 rings (SSSR count). The van der Waals surface area contributed by atoms with Crippen LogP contribution in [0.5, 0.6) is 11.5 Å². The number of nitrogens with zero attached hydrogens (tertiary/aromatic N) is 4. The first-order valence-electron chi connectivity index (χ1n) is 10.1. The Morgan fingerprint density at radius 3 is 2.58 bits per heavy atom. The van der Waals surface area contributed by atoms with Gasteiger partial charge in [0.15, 0.2) is 16.7 Å². The lowest BCUT2D eigenvalue weighted by molar-refractivity contribution is -0.129. The van der Waals surface area contributed by atoms with Crippen molar-refractivity contribution in [3.63, 3.8) is 0 Å². The van der Waals surface area contributed by atoms with Crippen LogP contribution in [-0.4, -0.2) is 64.7 Å². The van der Waals surface area contributed by atoms with E-state index >= 15 is 0 Å². The van der Waals surface area contributed by atoms with Crippen molar-refractivity contribution in [2.45, 2.75) is 11.8 Å². The normalized spacial score (nSPS) is 13.6. The molecule has 0 spiro atoms. The fourth-order valence-electron chi connectivity index (χ4n) is 3.10. The second-order valence-corrected chi connectivity index (χ2v) is 9.23. The number of anilines is 2. The highest BCUT2D eigenvalue weighted by atomic mass is 35.5. The van der Waals surface area contributed by atoms with Crippen LogP contribution in [0.25, 0.3) is 0 Å². The number of aryl methyl sites for hydroxylation is 1. The number of benzene rings is 1. The van der Waals surface area contributed by atoms with Crippen molar-refractivity contribution in [1.82, 2.24) is 19.8 Å². The summed E-state index contributed by atoms with van der Waals surface area (Å²) in [4.78, 5) is 26.6. The first-order chi connectivity index (χ1) is 15.1. The fraction of sp³-hybridized carbons (Fsp3) is 0.318. The van der Waals surface area contributed by atoms with Gasteiger partial charge in [0.25, 0.3) is 0 Å². The zero-order chi connectivity index (χ0) is 21.6. The molecule has 1 aliphatic heterocycles. The molecular weight excluding hydrogens is 501 g/mol. The molecule has 0 aliphatic carbocycles. The van der Waals surface area contributed by atoms with Crippen molar-refractivity contribution in [2.24, 2.45) is 0 Å². The minimum Gasteiger partial charge on any atom is -0.453 e. The fourth-order valence-corrected chi connectivity index (χ4v) is 4.58. The smallest absolute Gasteiger partial charge is 0.233 e. The Kier molecular flexibility index (Phi) is 10.7. The van der Waals surface area contributed by atoms with Crippen LogP contribution in [0, 0.1) is 6.92 Å². The number of pyridine rings is 1. The predicted octanol–water partition coefficient (Wildman–Crippen LogP) is 5.09. The SMILES string of the molecule is Cc1csc(Nc2ncc(SCC(=O)N3CCN(C)CC3)cc2Oc2ccccc2)n1.Cl.Cl. The summed E-state index contributed by atoms with van der Waals surface area (Å²) >= 11 is 3.00. The number of hydrogen-bond donors (Lipinski definition) is 1. The third kappa shape index (κ3) is 7.75. The third-order valence-corrected chi connectivity index (χ3v) is 6.68. The Balaban J connectivity index is 0.00000193. The van der Waals surface area contributed by atoms with Crippen molar-refractivity contribution < 1.29 is 9.53 Å². The van der Waals surface area contributed by atoms with Crippen LogP contribution >= 0.6 is 47.9 Å². The second-order valence-electron chi connectivity index (χ2n) is 7.32. The molecule has 178 valence electrons. The number of para-hydroxylation sites is 1. The average Bonchev–Trinajstić information content (AvgIpc) is 3.19. The van der Waals surface area contributed by atoms with E-state index < -0.39 is 0 Å². The number of hydrogen-bond acceptors (Lipinski definition) is 8. The molecule has 0 radical (unpaired) electrons. The number of carbonyl (C=O) groups is 1. The molecule has 0 bridgehead atoms. The summed E-state index contributed by atoms with van der Waals surface area (Å²) in [7, 11) is 2.08. The summed E-state index contributed by atoms with van der Waals surface area (Å²) in [6, 6.07) is 11.5. The van der Waals surface area contributed by atoms with Crippen LogP contribution in [0.2, 0.25) is 0 Å². The molecule has 1 aromatic carbocycles. The number of rotatable bonds is 7. The van der Waals surface area contributed by atoms with Crippen LogP contribution in [0.1, 0.15) is 5.69 Å². The number of thiazole rings is 1. The number of aromatic nitrogens is 2. The summed E-state index contributed by atoms with van der Waals surface area (Å²) in [5.41, 5.74) is 0.952. The number of ether oxygens (including phenoxy) is 1. The quantitative estimate of drug-likeness (QED) is 0.429. The molecule has 1 aliphatic rings. The van der Waals surface area contributed by atoms with Crippen LogP contribution in [0.3, 0.4) is 0 Å². The molecule has 3 aromatic rings. The van der Waals surface area contributed by atoms with E-state index in [2.05, 4.69) is 27.2 Å². The minimum absolute atomic E-state index is 0. The number of amides is 1. The van der Waals surface area contributed by atoms with Crippen molar-refractivity contribution >= 4 is 64.8 Å². The Hall–Kier alpha value is -2.04. The van der Waals surface area contributed by atoms with E-state index in [4.69, 9.17) is 4.74 Å². The first-order valence-corrected chi connectivity index (χ1v) is 11.9. The van der Waals surface area contributed by atoms with Gasteiger partial charge >= 0.3 is 0 Å². The summed E-state index contributed by atoms with van der Waals surface area (Å²) in [5, 5.41) is 5.98. The molecule has 1 fully saturated rings. The molecule has 3 heterocycles. The molecule has 1 N–H and O–H groups in total. The number of halogens is 2. The van der Waals surface area contributed by atoms with E-state index in [1.165, 1.54) is 23.1 Å². The van der Waals surface area contributed by atoms with Crippen LogP contribution in [0.4, 0.5) is 10.9 Å². The molecule has 0 saturated carbocycles. The molecular formula is C22H27Cl2N5O2S2. The highest BCUT2D eigenvalue weighted by Gasteiger charge is 2.19.